The van der Waals surface area contributed by atoms with Crippen LogP contribution in [0.3, 0.4) is 0 Å². The van der Waals surface area contributed by atoms with Crippen molar-refractivity contribution in [3.63, 3.8) is 0 Å². The molecule has 0 saturated carbocycles. The summed E-state index contributed by atoms with van der Waals surface area (Å²) in [6, 6.07) is 7.40. The fourth-order valence-electron chi connectivity index (χ4n) is 3.05. The summed E-state index contributed by atoms with van der Waals surface area (Å²) < 4.78 is 5.63. The summed E-state index contributed by atoms with van der Waals surface area (Å²) in [6.45, 7) is 4.45. The molecule has 1 aliphatic rings. The standard InChI is InChI=1S/C20H26N4O3/c1-2-3-14-27-16-8-6-15(7-9-16)19-21-20(26)17(22-23-19)10-11-18(25)24-12-4-5-13-24/h6-9H,2-5,10-14H2,1H3,(H,21,23,26). The summed E-state index contributed by atoms with van der Waals surface area (Å²) >= 11 is 0. The van der Waals surface area contributed by atoms with Crippen LogP contribution in [0.5, 0.6) is 5.75 Å². The Hall–Kier alpha value is -2.70. The highest BCUT2D eigenvalue weighted by Gasteiger charge is 2.18. The quantitative estimate of drug-likeness (QED) is 0.722. The Kier molecular flexibility index (Phi) is 6.57. The SMILES string of the molecule is CCCCOc1ccc(-c2nnc(CCC(=O)N3CCCC3)c(=O)[nH]2)cc1. The minimum atomic E-state index is -0.294. The second kappa shape index (κ2) is 9.30. The van der Waals surface area contributed by atoms with E-state index in [0.717, 1.165) is 50.1 Å². The predicted molar refractivity (Wildman–Crippen MR) is 103 cm³/mol. The van der Waals surface area contributed by atoms with Crippen LogP contribution < -0.4 is 10.3 Å². The van der Waals surface area contributed by atoms with Gasteiger partial charge in [-0.2, -0.15) is 0 Å². The van der Waals surface area contributed by atoms with Crippen LogP contribution in [-0.4, -0.2) is 45.7 Å². The van der Waals surface area contributed by atoms with E-state index in [1.807, 2.05) is 29.2 Å². The van der Waals surface area contributed by atoms with Crippen LogP contribution in [0.2, 0.25) is 0 Å². The molecule has 1 saturated heterocycles. The number of H-pyrrole nitrogens is 1. The van der Waals surface area contributed by atoms with E-state index >= 15 is 0 Å². The van der Waals surface area contributed by atoms with E-state index in [2.05, 4.69) is 22.1 Å². The van der Waals surface area contributed by atoms with Crippen LogP contribution in [0.25, 0.3) is 11.4 Å². The second-order valence-corrected chi connectivity index (χ2v) is 6.76. The maximum Gasteiger partial charge on any atom is 0.273 e. The zero-order valence-corrected chi connectivity index (χ0v) is 15.7. The summed E-state index contributed by atoms with van der Waals surface area (Å²) in [6.07, 6.45) is 4.82. The van der Waals surface area contributed by atoms with Crippen molar-refractivity contribution in [1.82, 2.24) is 20.1 Å². The topological polar surface area (TPSA) is 88.2 Å². The Morgan fingerprint density at radius 3 is 2.59 bits per heavy atom. The number of ether oxygens (including phenoxy) is 1. The summed E-state index contributed by atoms with van der Waals surface area (Å²) in [4.78, 5) is 29.0. The van der Waals surface area contributed by atoms with Crippen molar-refractivity contribution in [2.24, 2.45) is 0 Å². The number of rotatable bonds is 8. The van der Waals surface area contributed by atoms with E-state index in [4.69, 9.17) is 4.74 Å². The van der Waals surface area contributed by atoms with Gasteiger partial charge in [0.1, 0.15) is 11.4 Å². The molecule has 7 heteroatoms. The number of likely N-dealkylation sites (tertiary alicyclic amines) is 1. The molecule has 7 nitrogen and oxygen atoms in total. The van der Waals surface area contributed by atoms with Crippen LogP contribution in [0.15, 0.2) is 29.1 Å². The fraction of sp³-hybridized carbons (Fsp3) is 0.500. The number of aryl methyl sites for hydroxylation is 1. The molecule has 1 aromatic carbocycles. The number of benzene rings is 1. The van der Waals surface area contributed by atoms with E-state index in [1.54, 1.807) is 0 Å². The van der Waals surface area contributed by atoms with Crippen molar-refractivity contribution < 1.29 is 9.53 Å². The Labute approximate surface area is 158 Å². The van der Waals surface area contributed by atoms with Crippen molar-refractivity contribution in [3.05, 3.63) is 40.3 Å². The lowest BCUT2D eigenvalue weighted by atomic mass is 10.2. The maximum absolute atomic E-state index is 12.3. The number of carbonyl (C=O) groups excluding carboxylic acids is 1. The molecule has 0 spiro atoms. The van der Waals surface area contributed by atoms with Crippen LogP contribution in [0, 0.1) is 0 Å². The minimum Gasteiger partial charge on any atom is -0.494 e. The van der Waals surface area contributed by atoms with Gasteiger partial charge in [-0.25, -0.2) is 0 Å². The largest absolute Gasteiger partial charge is 0.494 e. The van der Waals surface area contributed by atoms with Gasteiger partial charge in [0.25, 0.3) is 5.56 Å². The van der Waals surface area contributed by atoms with E-state index in [9.17, 15) is 9.59 Å². The average molecular weight is 370 g/mol. The van der Waals surface area contributed by atoms with Crippen molar-refractivity contribution in [2.45, 2.75) is 45.4 Å². The zero-order valence-electron chi connectivity index (χ0n) is 15.7. The van der Waals surface area contributed by atoms with Crippen molar-refractivity contribution in [1.29, 1.82) is 0 Å². The molecule has 1 N–H and O–H groups in total. The minimum absolute atomic E-state index is 0.0800. The highest BCUT2D eigenvalue weighted by Crippen LogP contribution is 2.18. The summed E-state index contributed by atoms with van der Waals surface area (Å²) in [5.74, 6) is 1.28. The van der Waals surface area contributed by atoms with E-state index in [-0.39, 0.29) is 11.5 Å². The second-order valence-electron chi connectivity index (χ2n) is 6.76. The molecule has 0 radical (unpaired) electrons. The number of hydrogen-bond acceptors (Lipinski definition) is 5. The van der Waals surface area contributed by atoms with E-state index in [0.29, 0.717) is 31.0 Å². The molecule has 0 atom stereocenters. The third-order valence-corrected chi connectivity index (χ3v) is 4.69. The molecule has 0 aliphatic carbocycles. The van der Waals surface area contributed by atoms with Crippen LogP contribution in [0.4, 0.5) is 0 Å². The lowest BCUT2D eigenvalue weighted by Crippen LogP contribution is -2.28. The third kappa shape index (κ3) is 5.15. The molecule has 2 aromatic rings. The first-order valence-corrected chi connectivity index (χ1v) is 9.64. The molecule has 0 bridgehead atoms. The van der Waals surface area contributed by atoms with Gasteiger partial charge in [-0.15, -0.1) is 10.2 Å². The molecule has 1 aromatic heterocycles. The molecule has 144 valence electrons. The number of unbranched alkanes of at least 4 members (excludes halogenated alkanes) is 1. The van der Waals surface area contributed by atoms with E-state index < -0.39 is 0 Å². The van der Waals surface area contributed by atoms with Gasteiger partial charge in [0.05, 0.1) is 6.61 Å². The smallest absolute Gasteiger partial charge is 0.273 e. The van der Waals surface area contributed by atoms with Crippen molar-refractivity contribution in [2.75, 3.05) is 19.7 Å². The molecule has 3 rings (SSSR count). The Bertz CT molecular complexity index is 811. The molecular formula is C20H26N4O3. The Morgan fingerprint density at radius 2 is 1.93 bits per heavy atom. The maximum atomic E-state index is 12.3. The third-order valence-electron chi connectivity index (χ3n) is 4.69. The first-order valence-electron chi connectivity index (χ1n) is 9.64. The van der Waals surface area contributed by atoms with Crippen LogP contribution >= 0.6 is 0 Å². The molecule has 1 fully saturated rings. The normalized spacial score (nSPS) is 13.7. The Balaban J connectivity index is 1.60. The number of aromatic amines is 1. The van der Waals surface area contributed by atoms with Gasteiger partial charge in [-0.3, -0.25) is 9.59 Å². The number of carbonyl (C=O) groups is 1. The van der Waals surface area contributed by atoms with Crippen molar-refractivity contribution in [3.8, 4) is 17.1 Å². The van der Waals surface area contributed by atoms with Gasteiger partial charge in [0, 0.05) is 31.5 Å². The summed E-state index contributed by atoms with van der Waals surface area (Å²) in [5, 5.41) is 8.16. The molecule has 1 aliphatic heterocycles. The van der Waals surface area contributed by atoms with Gasteiger partial charge < -0.3 is 14.6 Å². The van der Waals surface area contributed by atoms with E-state index in [1.165, 1.54) is 0 Å². The monoisotopic (exact) mass is 370 g/mol. The summed E-state index contributed by atoms with van der Waals surface area (Å²) in [7, 11) is 0. The number of amides is 1. The lowest BCUT2D eigenvalue weighted by molar-refractivity contribution is -0.130. The van der Waals surface area contributed by atoms with Gasteiger partial charge in [0.2, 0.25) is 5.91 Å². The lowest BCUT2D eigenvalue weighted by Gasteiger charge is -2.14. The Morgan fingerprint density at radius 1 is 1.19 bits per heavy atom. The first-order chi connectivity index (χ1) is 13.2. The molecule has 1 amide bonds. The highest BCUT2D eigenvalue weighted by molar-refractivity contribution is 5.76. The number of nitrogens with zero attached hydrogens (tertiary/aromatic N) is 3. The number of hydrogen-bond donors (Lipinski definition) is 1. The fourth-order valence-corrected chi connectivity index (χ4v) is 3.05. The van der Waals surface area contributed by atoms with Crippen LogP contribution in [-0.2, 0) is 11.2 Å². The molecule has 0 unspecified atom stereocenters. The van der Waals surface area contributed by atoms with Gasteiger partial charge in [0.15, 0.2) is 5.82 Å². The summed E-state index contributed by atoms with van der Waals surface area (Å²) in [5.41, 5.74) is 0.769. The number of aromatic nitrogens is 3. The molecule has 27 heavy (non-hydrogen) atoms. The first kappa shape index (κ1) is 19.1. The van der Waals surface area contributed by atoms with Crippen molar-refractivity contribution >= 4 is 5.91 Å². The molecule has 2 heterocycles. The average Bonchev–Trinajstić information content (AvgIpc) is 3.22. The highest BCUT2D eigenvalue weighted by atomic mass is 16.5. The van der Waals surface area contributed by atoms with Gasteiger partial charge in [-0.1, -0.05) is 13.3 Å². The zero-order chi connectivity index (χ0) is 19.1. The molecular weight excluding hydrogens is 344 g/mol. The predicted octanol–water partition coefficient (Wildman–Crippen LogP) is 2.57. The van der Waals surface area contributed by atoms with Gasteiger partial charge >= 0.3 is 0 Å². The van der Waals surface area contributed by atoms with Gasteiger partial charge in [-0.05, 0) is 43.5 Å². The van der Waals surface area contributed by atoms with Crippen LogP contribution in [0.1, 0.15) is 44.7 Å². The number of nitrogens with one attached hydrogen (secondary N) is 1.